The Balaban J connectivity index is 1.97. The molecule has 0 aromatic heterocycles. The van der Waals surface area contributed by atoms with Gasteiger partial charge in [-0.05, 0) is 37.0 Å². The Labute approximate surface area is 118 Å². The predicted molar refractivity (Wildman–Crippen MR) is 83.6 cm³/mol. The molecule has 0 amide bonds. The Kier molecular flexibility index (Phi) is 8.87. The van der Waals surface area contributed by atoms with E-state index in [4.69, 9.17) is 0 Å². The molecule has 0 saturated heterocycles. The van der Waals surface area contributed by atoms with E-state index in [-0.39, 0.29) is 0 Å². The van der Waals surface area contributed by atoms with Crippen molar-refractivity contribution in [2.45, 2.75) is 64.7 Å². The first-order chi connectivity index (χ1) is 9.33. The van der Waals surface area contributed by atoms with Crippen LogP contribution in [0.15, 0.2) is 36.4 Å². The summed E-state index contributed by atoms with van der Waals surface area (Å²) < 4.78 is 0. The van der Waals surface area contributed by atoms with E-state index in [9.17, 15) is 5.11 Å². The number of hydrogen-bond acceptors (Lipinski definition) is 1. The Morgan fingerprint density at radius 3 is 2.16 bits per heavy atom. The molecule has 0 saturated carbocycles. The largest absolute Gasteiger partial charge is 0.508 e. The summed E-state index contributed by atoms with van der Waals surface area (Å²) >= 11 is 0. The second kappa shape index (κ2) is 10.7. The van der Waals surface area contributed by atoms with E-state index in [2.05, 4.69) is 19.1 Å². The lowest BCUT2D eigenvalue weighted by Crippen LogP contribution is -1.81. The van der Waals surface area contributed by atoms with Crippen LogP contribution < -0.4 is 0 Å². The van der Waals surface area contributed by atoms with Gasteiger partial charge in [0.1, 0.15) is 5.75 Å². The number of benzene rings is 1. The van der Waals surface area contributed by atoms with Crippen molar-refractivity contribution in [3.05, 3.63) is 42.0 Å². The number of aromatic hydroxyl groups is 1. The van der Waals surface area contributed by atoms with Crippen molar-refractivity contribution in [1.29, 1.82) is 0 Å². The van der Waals surface area contributed by atoms with Gasteiger partial charge < -0.3 is 5.11 Å². The predicted octanol–water partition coefficient (Wildman–Crippen LogP) is 5.63. The molecule has 0 bridgehead atoms. The summed E-state index contributed by atoms with van der Waals surface area (Å²) in [6.07, 6.45) is 16.3. The molecule has 1 aromatic carbocycles. The summed E-state index contributed by atoms with van der Waals surface area (Å²) in [7, 11) is 0. The number of phenols is 1. The molecule has 1 heteroatoms. The van der Waals surface area contributed by atoms with Gasteiger partial charge in [-0.15, -0.1) is 0 Å². The van der Waals surface area contributed by atoms with Crippen LogP contribution in [0.25, 0.3) is 0 Å². The average Bonchev–Trinajstić information content (AvgIpc) is 2.43. The van der Waals surface area contributed by atoms with Gasteiger partial charge in [0.25, 0.3) is 0 Å². The molecule has 0 aliphatic heterocycles. The van der Waals surface area contributed by atoms with E-state index in [1.807, 2.05) is 12.1 Å². The van der Waals surface area contributed by atoms with E-state index >= 15 is 0 Å². The normalized spacial score (nSPS) is 11.2. The third-order valence-corrected chi connectivity index (χ3v) is 3.43. The van der Waals surface area contributed by atoms with E-state index in [0.29, 0.717) is 5.75 Å². The second-order valence-electron chi connectivity index (χ2n) is 5.25. The van der Waals surface area contributed by atoms with Crippen LogP contribution in [0.5, 0.6) is 5.75 Å². The topological polar surface area (TPSA) is 20.2 Å². The molecule has 0 atom stereocenters. The van der Waals surface area contributed by atoms with Crippen LogP contribution in [0.2, 0.25) is 0 Å². The zero-order valence-corrected chi connectivity index (χ0v) is 12.3. The Bertz CT molecular complexity index is 337. The van der Waals surface area contributed by atoms with E-state index < -0.39 is 0 Å². The fraction of sp³-hybridized carbons (Fsp3) is 0.556. The lowest BCUT2D eigenvalue weighted by atomic mass is 10.1. The van der Waals surface area contributed by atoms with E-state index in [0.717, 1.165) is 6.42 Å². The van der Waals surface area contributed by atoms with Gasteiger partial charge >= 0.3 is 0 Å². The maximum Gasteiger partial charge on any atom is 0.115 e. The van der Waals surface area contributed by atoms with Gasteiger partial charge in [0.2, 0.25) is 0 Å². The van der Waals surface area contributed by atoms with Gasteiger partial charge in [-0.3, -0.25) is 0 Å². The average molecular weight is 260 g/mol. The third kappa shape index (κ3) is 8.47. The lowest BCUT2D eigenvalue weighted by Gasteiger charge is -1.99. The molecule has 0 spiro atoms. The summed E-state index contributed by atoms with van der Waals surface area (Å²) in [5.41, 5.74) is 1.26. The number of rotatable bonds is 10. The number of allylic oxidation sites excluding steroid dienone is 2. The maximum atomic E-state index is 9.18. The minimum Gasteiger partial charge on any atom is -0.508 e. The highest BCUT2D eigenvalue weighted by atomic mass is 16.3. The molecule has 19 heavy (non-hydrogen) atoms. The van der Waals surface area contributed by atoms with Gasteiger partial charge in [-0.2, -0.15) is 0 Å². The van der Waals surface area contributed by atoms with Crippen LogP contribution in [-0.2, 0) is 6.42 Å². The first-order valence-electron chi connectivity index (χ1n) is 7.76. The maximum absolute atomic E-state index is 9.18. The highest BCUT2D eigenvalue weighted by Gasteiger charge is 1.91. The van der Waals surface area contributed by atoms with Gasteiger partial charge in [-0.1, -0.05) is 69.7 Å². The molecular formula is C18H28O. The summed E-state index contributed by atoms with van der Waals surface area (Å²) in [4.78, 5) is 0. The van der Waals surface area contributed by atoms with Crippen molar-refractivity contribution < 1.29 is 5.11 Å². The first kappa shape index (κ1) is 15.8. The highest BCUT2D eigenvalue weighted by Crippen LogP contribution is 2.11. The lowest BCUT2D eigenvalue weighted by molar-refractivity contribution is 0.475. The fourth-order valence-corrected chi connectivity index (χ4v) is 2.19. The quantitative estimate of drug-likeness (QED) is 0.427. The van der Waals surface area contributed by atoms with Crippen LogP contribution in [0.1, 0.15) is 63.9 Å². The molecule has 0 heterocycles. The van der Waals surface area contributed by atoms with Crippen molar-refractivity contribution >= 4 is 0 Å². The Morgan fingerprint density at radius 2 is 1.47 bits per heavy atom. The molecule has 0 aliphatic rings. The van der Waals surface area contributed by atoms with Crippen LogP contribution in [-0.4, -0.2) is 5.11 Å². The number of unbranched alkanes of at least 4 members (excludes halogenated alkanes) is 7. The molecule has 1 N–H and O–H groups in total. The third-order valence-electron chi connectivity index (χ3n) is 3.43. The molecule has 106 valence electrons. The number of hydrogen-bond donors (Lipinski definition) is 1. The SMILES string of the molecule is CCCCCCCCCC=CCc1ccc(O)cc1. The molecule has 1 aromatic rings. The van der Waals surface area contributed by atoms with Gasteiger partial charge in [0, 0.05) is 0 Å². The Hall–Kier alpha value is -1.24. The molecule has 1 rings (SSSR count). The summed E-state index contributed by atoms with van der Waals surface area (Å²) in [5, 5.41) is 9.18. The zero-order valence-electron chi connectivity index (χ0n) is 12.3. The molecule has 0 radical (unpaired) electrons. The minimum atomic E-state index is 0.343. The number of phenolic OH excluding ortho intramolecular Hbond substituents is 1. The minimum absolute atomic E-state index is 0.343. The van der Waals surface area contributed by atoms with E-state index in [1.54, 1.807) is 12.1 Å². The summed E-state index contributed by atoms with van der Waals surface area (Å²) in [6, 6.07) is 7.46. The summed E-state index contributed by atoms with van der Waals surface area (Å²) in [5.74, 6) is 0.343. The van der Waals surface area contributed by atoms with Crippen molar-refractivity contribution in [2.24, 2.45) is 0 Å². The zero-order chi connectivity index (χ0) is 13.8. The van der Waals surface area contributed by atoms with Crippen LogP contribution in [0, 0.1) is 0 Å². The highest BCUT2D eigenvalue weighted by molar-refractivity contribution is 5.27. The monoisotopic (exact) mass is 260 g/mol. The first-order valence-corrected chi connectivity index (χ1v) is 7.76. The van der Waals surface area contributed by atoms with E-state index in [1.165, 1.54) is 56.9 Å². The summed E-state index contributed by atoms with van der Waals surface area (Å²) in [6.45, 7) is 2.26. The molecule has 0 aliphatic carbocycles. The van der Waals surface area contributed by atoms with Crippen LogP contribution in [0.3, 0.4) is 0 Å². The van der Waals surface area contributed by atoms with Gasteiger partial charge in [-0.25, -0.2) is 0 Å². The van der Waals surface area contributed by atoms with Crippen molar-refractivity contribution in [2.75, 3.05) is 0 Å². The molecule has 0 fully saturated rings. The van der Waals surface area contributed by atoms with Crippen LogP contribution in [0.4, 0.5) is 0 Å². The van der Waals surface area contributed by atoms with Crippen molar-refractivity contribution in [1.82, 2.24) is 0 Å². The van der Waals surface area contributed by atoms with Gasteiger partial charge in [0.15, 0.2) is 0 Å². The smallest absolute Gasteiger partial charge is 0.115 e. The van der Waals surface area contributed by atoms with Crippen molar-refractivity contribution in [3.63, 3.8) is 0 Å². The van der Waals surface area contributed by atoms with Crippen LogP contribution >= 0.6 is 0 Å². The standard InChI is InChI=1S/C18H28O/c1-2-3-4-5-6-7-8-9-10-11-12-17-13-15-18(19)16-14-17/h10-11,13-16,19H,2-9,12H2,1H3. The van der Waals surface area contributed by atoms with Crippen molar-refractivity contribution in [3.8, 4) is 5.75 Å². The molecule has 0 unspecified atom stereocenters. The molecular weight excluding hydrogens is 232 g/mol. The van der Waals surface area contributed by atoms with Gasteiger partial charge in [0.05, 0.1) is 0 Å². The fourth-order valence-electron chi connectivity index (χ4n) is 2.19. The molecule has 1 nitrogen and oxygen atoms in total. The Morgan fingerprint density at radius 1 is 0.842 bits per heavy atom. The second-order valence-corrected chi connectivity index (χ2v) is 5.25.